The van der Waals surface area contributed by atoms with Crippen molar-refractivity contribution in [1.29, 1.82) is 0 Å². The van der Waals surface area contributed by atoms with Crippen LogP contribution >= 0.6 is 11.6 Å². The van der Waals surface area contributed by atoms with Gasteiger partial charge in [0, 0.05) is 25.6 Å². The first kappa shape index (κ1) is 15.3. The van der Waals surface area contributed by atoms with Crippen LogP contribution in [0.5, 0.6) is 0 Å². The summed E-state index contributed by atoms with van der Waals surface area (Å²) in [5, 5.41) is 6.88. The molecular formula is C15H22ClN3O. The molecule has 1 aromatic carbocycles. The molecule has 0 spiro atoms. The van der Waals surface area contributed by atoms with Crippen molar-refractivity contribution >= 4 is 23.2 Å². The number of carbonyl (C=O) groups excluding carboxylic acids is 1. The molecule has 20 heavy (non-hydrogen) atoms. The minimum atomic E-state index is 0.00401. The first-order valence-electron chi connectivity index (χ1n) is 7.11. The van der Waals surface area contributed by atoms with E-state index in [4.69, 9.17) is 11.6 Å². The number of halogens is 1. The summed E-state index contributed by atoms with van der Waals surface area (Å²) in [4.78, 5) is 14.1. The fourth-order valence-corrected chi connectivity index (χ4v) is 2.63. The van der Waals surface area contributed by atoms with Crippen LogP contribution in [-0.2, 0) is 4.79 Å². The van der Waals surface area contributed by atoms with Crippen molar-refractivity contribution in [2.45, 2.75) is 25.3 Å². The van der Waals surface area contributed by atoms with Crippen LogP contribution in [-0.4, -0.2) is 43.5 Å². The van der Waals surface area contributed by atoms with Crippen molar-refractivity contribution in [2.24, 2.45) is 0 Å². The third-order valence-electron chi connectivity index (χ3n) is 3.56. The molecule has 1 fully saturated rings. The Morgan fingerprint density at radius 3 is 3.00 bits per heavy atom. The van der Waals surface area contributed by atoms with Crippen molar-refractivity contribution in [3.63, 3.8) is 0 Å². The number of hydrogen-bond donors (Lipinski definition) is 2. The van der Waals surface area contributed by atoms with Crippen LogP contribution in [0.2, 0.25) is 5.02 Å². The molecule has 110 valence electrons. The van der Waals surface area contributed by atoms with E-state index in [1.807, 2.05) is 18.2 Å². The van der Waals surface area contributed by atoms with Crippen LogP contribution in [0.1, 0.15) is 19.3 Å². The molecule has 0 bridgehead atoms. The van der Waals surface area contributed by atoms with E-state index in [9.17, 15) is 4.79 Å². The number of benzene rings is 1. The van der Waals surface area contributed by atoms with Crippen LogP contribution in [0.15, 0.2) is 24.3 Å². The Balaban J connectivity index is 1.70. The summed E-state index contributed by atoms with van der Waals surface area (Å²) < 4.78 is 0. The molecule has 1 aliphatic rings. The second-order valence-corrected chi connectivity index (χ2v) is 5.74. The molecule has 1 saturated heterocycles. The maximum Gasteiger partial charge on any atom is 0.225 e. The first-order chi connectivity index (χ1) is 9.65. The van der Waals surface area contributed by atoms with Gasteiger partial charge in [0.1, 0.15) is 0 Å². The number of amides is 1. The summed E-state index contributed by atoms with van der Waals surface area (Å²) in [7, 11) is 2.06. The Morgan fingerprint density at radius 2 is 2.30 bits per heavy atom. The number of nitrogens with one attached hydrogen (secondary N) is 2. The van der Waals surface area contributed by atoms with Gasteiger partial charge in [-0.15, -0.1) is 0 Å². The Kier molecular flexibility index (Phi) is 5.83. The average molecular weight is 296 g/mol. The van der Waals surface area contributed by atoms with E-state index < -0.39 is 0 Å². The quantitative estimate of drug-likeness (QED) is 0.847. The topological polar surface area (TPSA) is 44.4 Å². The van der Waals surface area contributed by atoms with E-state index in [1.54, 1.807) is 6.07 Å². The maximum atomic E-state index is 11.9. The molecule has 1 unspecified atom stereocenters. The molecule has 2 rings (SSSR count). The fraction of sp³-hybridized carbons (Fsp3) is 0.533. The van der Waals surface area contributed by atoms with Gasteiger partial charge in [-0.2, -0.15) is 0 Å². The SMILES string of the molecule is CN(CCC(=O)Nc1ccccc1Cl)CC1CCCN1. The number of hydrogen-bond acceptors (Lipinski definition) is 3. The molecule has 4 nitrogen and oxygen atoms in total. The molecular weight excluding hydrogens is 274 g/mol. The Labute approximate surface area is 125 Å². The molecule has 0 saturated carbocycles. The van der Waals surface area contributed by atoms with Crippen molar-refractivity contribution in [2.75, 3.05) is 32.0 Å². The van der Waals surface area contributed by atoms with Gasteiger partial charge in [-0.1, -0.05) is 23.7 Å². The molecule has 1 aromatic rings. The van der Waals surface area contributed by atoms with Gasteiger partial charge < -0.3 is 15.5 Å². The zero-order chi connectivity index (χ0) is 14.4. The molecule has 0 aromatic heterocycles. The average Bonchev–Trinajstić information content (AvgIpc) is 2.92. The highest BCUT2D eigenvalue weighted by Gasteiger charge is 2.16. The maximum absolute atomic E-state index is 11.9. The van der Waals surface area contributed by atoms with Crippen molar-refractivity contribution in [3.05, 3.63) is 29.3 Å². The molecule has 1 amide bonds. The van der Waals surface area contributed by atoms with E-state index >= 15 is 0 Å². The van der Waals surface area contributed by atoms with Crippen LogP contribution in [0, 0.1) is 0 Å². The van der Waals surface area contributed by atoms with Crippen LogP contribution in [0.3, 0.4) is 0 Å². The highest BCUT2D eigenvalue weighted by atomic mass is 35.5. The molecule has 1 atom stereocenters. The van der Waals surface area contributed by atoms with Gasteiger partial charge in [-0.05, 0) is 38.6 Å². The van der Waals surface area contributed by atoms with Crippen molar-refractivity contribution < 1.29 is 4.79 Å². The number of nitrogens with zero attached hydrogens (tertiary/aromatic N) is 1. The lowest BCUT2D eigenvalue weighted by atomic mass is 10.2. The Morgan fingerprint density at radius 1 is 1.50 bits per heavy atom. The highest BCUT2D eigenvalue weighted by molar-refractivity contribution is 6.33. The smallest absolute Gasteiger partial charge is 0.225 e. The number of rotatable bonds is 6. The lowest BCUT2D eigenvalue weighted by molar-refractivity contribution is -0.116. The molecule has 0 aliphatic carbocycles. The zero-order valence-corrected chi connectivity index (χ0v) is 12.6. The van der Waals surface area contributed by atoms with Crippen LogP contribution in [0.25, 0.3) is 0 Å². The van der Waals surface area contributed by atoms with Crippen LogP contribution < -0.4 is 10.6 Å². The predicted octanol–water partition coefficient (Wildman–Crippen LogP) is 2.35. The minimum Gasteiger partial charge on any atom is -0.325 e. The van der Waals surface area contributed by atoms with Gasteiger partial charge in [0.2, 0.25) is 5.91 Å². The monoisotopic (exact) mass is 295 g/mol. The molecule has 1 heterocycles. The molecule has 2 N–H and O–H groups in total. The Bertz CT molecular complexity index is 446. The van der Waals surface area contributed by atoms with Gasteiger partial charge in [0.25, 0.3) is 0 Å². The minimum absolute atomic E-state index is 0.00401. The summed E-state index contributed by atoms with van der Waals surface area (Å²) in [6.45, 7) is 2.87. The highest BCUT2D eigenvalue weighted by Crippen LogP contribution is 2.20. The summed E-state index contributed by atoms with van der Waals surface area (Å²) >= 11 is 6.01. The summed E-state index contributed by atoms with van der Waals surface area (Å²) in [6, 6.07) is 7.87. The van der Waals surface area contributed by atoms with E-state index in [0.717, 1.165) is 19.6 Å². The summed E-state index contributed by atoms with van der Waals surface area (Å²) in [5.41, 5.74) is 0.680. The van der Waals surface area contributed by atoms with E-state index in [1.165, 1.54) is 12.8 Å². The Hall–Kier alpha value is -1.10. The number of anilines is 1. The van der Waals surface area contributed by atoms with E-state index in [2.05, 4.69) is 22.6 Å². The van der Waals surface area contributed by atoms with Crippen molar-refractivity contribution in [3.8, 4) is 0 Å². The summed E-state index contributed by atoms with van der Waals surface area (Å²) in [5.74, 6) is 0.00401. The first-order valence-corrected chi connectivity index (χ1v) is 7.49. The van der Waals surface area contributed by atoms with Gasteiger partial charge in [-0.3, -0.25) is 4.79 Å². The van der Waals surface area contributed by atoms with Crippen molar-refractivity contribution in [1.82, 2.24) is 10.2 Å². The zero-order valence-electron chi connectivity index (χ0n) is 11.9. The third-order valence-corrected chi connectivity index (χ3v) is 3.89. The lowest BCUT2D eigenvalue weighted by Gasteiger charge is -2.20. The van der Waals surface area contributed by atoms with Gasteiger partial charge in [0.15, 0.2) is 0 Å². The van der Waals surface area contributed by atoms with Gasteiger partial charge >= 0.3 is 0 Å². The number of likely N-dealkylation sites (N-methyl/N-ethyl adjacent to an activating group) is 1. The van der Waals surface area contributed by atoms with E-state index in [0.29, 0.717) is 23.2 Å². The standard InChI is InChI=1S/C15H22ClN3O/c1-19(11-12-5-4-9-17-12)10-8-15(20)18-14-7-3-2-6-13(14)16/h2-3,6-7,12,17H,4-5,8-11H2,1H3,(H,18,20). The summed E-state index contributed by atoms with van der Waals surface area (Å²) in [6.07, 6.45) is 2.97. The number of carbonyl (C=O) groups is 1. The largest absolute Gasteiger partial charge is 0.325 e. The van der Waals surface area contributed by atoms with Gasteiger partial charge in [0.05, 0.1) is 10.7 Å². The molecule has 0 radical (unpaired) electrons. The molecule has 5 heteroatoms. The van der Waals surface area contributed by atoms with Crippen LogP contribution in [0.4, 0.5) is 5.69 Å². The third kappa shape index (κ3) is 4.78. The lowest BCUT2D eigenvalue weighted by Crippen LogP contribution is -2.36. The second-order valence-electron chi connectivity index (χ2n) is 5.33. The second kappa shape index (κ2) is 7.62. The fourth-order valence-electron chi connectivity index (χ4n) is 2.45. The molecule has 1 aliphatic heterocycles. The van der Waals surface area contributed by atoms with E-state index in [-0.39, 0.29) is 5.91 Å². The number of para-hydroxylation sites is 1. The normalized spacial score (nSPS) is 18.4. The van der Waals surface area contributed by atoms with Gasteiger partial charge in [-0.25, -0.2) is 0 Å². The predicted molar refractivity (Wildman–Crippen MR) is 83.2 cm³/mol.